The number of aryl methyl sites for hydroxylation is 1. The van der Waals surface area contributed by atoms with E-state index in [2.05, 4.69) is 9.97 Å². The first-order chi connectivity index (χ1) is 10.2. The lowest BCUT2D eigenvalue weighted by molar-refractivity contribution is 0.0979. The number of fused-ring (bicyclic) bond motifs is 1. The average molecular weight is 304 g/mol. The zero-order chi connectivity index (χ0) is 14.8. The number of methoxy groups -OCH3 is 1. The number of rotatable bonds is 2. The number of carbonyl (C=O) groups is 1. The fourth-order valence-electron chi connectivity index (χ4n) is 2.57. The standard InChI is InChI=1S/C15H14ClN3O2/c1-21-12-6-2-4-10-5-3-7-19(14(10)12)15(20)11-8-17-9-13(16)18-11/h2,4,6,8-9H,3,5,7H2,1H3. The normalized spacial score (nSPS) is 13.7. The molecule has 0 saturated carbocycles. The van der Waals surface area contributed by atoms with E-state index >= 15 is 0 Å². The van der Waals surface area contributed by atoms with Gasteiger partial charge in [0.2, 0.25) is 0 Å². The smallest absolute Gasteiger partial charge is 0.278 e. The van der Waals surface area contributed by atoms with Crippen LogP contribution in [0.5, 0.6) is 5.75 Å². The third-order valence-corrected chi connectivity index (χ3v) is 3.65. The minimum absolute atomic E-state index is 0.207. The van der Waals surface area contributed by atoms with Gasteiger partial charge in [-0.25, -0.2) is 4.98 Å². The van der Waals surface area contributed by atoms with E-state index in [0.29, 0.717) is 12.3 Å². The van der Waals surface area contributed by atoms with Crippen molar-refractivity contribution < 1.29 is 9.53 Å². The lowest BCUT2D eigenvalue weighted by Crippen LogP contribution is -2.36. The Labute approximate surface area is 127 Å². The number of carbonyl (C=O) groups excluding carboxylic acids is 1. The zero-order valence-electron chi connectivity index (χ0n) is 11.5. The molecular weight excluding hydrogens is 290 g/mol. The highest BCUT2D eigenvalue weighted by atomic mass is 35.5. The summed E-state index contributed by atoms with van der Waals surface area (Å²) in [5.41, 5.74) is 2.16. The van der Waals surface area contributed by atoms with Crippen molar-refractivity contribution in [3.8, 4) is 5.75 Å². The number of benzene rings is 1. The number of nitrogens with zero attached hydrogens (tertiary/aromatic N) is 3. The summed E-state index contributed by atoms with van der Waals surface area (Å²) in [6.45, 7) is 0.625. The monoisotopic (exact) mass is 303 g/mol. The van der Waals surface area contributed by atoms with Crippen LogP contribution in [-0.4, -0.2) is 29.5 Å². The predicted octanol–water partition coefficient (Wildman–Crippen LogP) is 2.73. The molecule has 6 heteroatoms. The summed E-state index contributed by atoms with van der Waals surface area (Å²) in [4.78, 5) is 22.4. The molecule has 2 aromatic rings. The molecule has 0 fully saturated rings. The number of amides is 1. The van der Waals surface area contributed by atoms with E-state index in [1.54, 1.807) is 12.0 Å². The topological polar surface area (TPSA) is 55.3 Å². The number of aromatic nitrogens is 2. The molecule has 5 nitrogen and oxygen atoms in total. The van der Waals surface area contributed by atoms with E-state index in [0.717, 1.165) is 24.1 Å². The molecule has 0 aliphatic carbocycles. The summed E-state index contributed by atoms with van der Waals surface area (Å²) >= 11 is 5.82. The number of anilines is 1. The summed E-state index contributed by atoms with van der Waals surface area (Å²) in [6.07, 6.45) is 4.67. The van der Waals surface area contributed by atoms with Crippen molar-refractivity contribution in [3.05, 3.63) is 47.0 Å². The molecule has 0 N–H and O–H groups in total. The van der Waals surface area contributed by atoms with Gasteiger partial charge < -0.3 is 9.64 Å². The molecule has 1 amide bonds. The summed E-state index contributed by atoms with van der Waals surface area (Å²) in [7, 11) is 1.60. The highest BCUT2D eigenvalue weighted by molar-refractivity contribution is 6.29. The van der Waals surface area contributed by atoms with Crippen molar-refractivity contribution in [2.45, 2.75) is 12.8 Å². The van der Waals surface area contributed by atoms with Gasteiger partial charge in [-0.1, -0.05) is 23.7 Å². The van der Waals surface area contributed by atoms with E-state index in [-0.39, 0.29) is 16.8 Å². The van der Waals surface area contributed by atoms with E-state index in [1.807, 2.05) is 18.2 Å². The molecule has 0 spiro atoms. The van der Waals surface area contributed by atoms with Crippen molar-refractivity contribution in [3.63, 3.8) is 0 Å². The largest absolute Gasteiger partial charge is 0.495 e. The lowest BCUT2D eigenvalue weighted by atomic mass is 10.0. The minimum Gasteiger partial charge on any atom is -0.495 e. The molecule has 0 unspecified atom stereocenters. The van der Waals surface area contributed by atoms with Crippen molar-refractivity contribution in [2.24, 2.45) is 0 Å². The molecule has 108 valence electrons. The van der Waals surface area contributed by atoms with Gasteiger partial charge in [-0.2, -0.15) is 0 Å². The van der Waals surface area contributed by atoms with Crippen LogP contribution in [0.15, 0.2) is 30.6 Å². The molecule has 1 aromatic heterocycles. The summed E-state index contributed by atoms with van der Waals surface area (Å²) < 4.78 is 5.40. The van der Waals surface area contributed by atoms with Crippen molar-refractivity contribution >= 4 is 23.2 Å². The quantitative estimate of drug-likeness (QED) is 0.856. The third kappa shape index (κ3) is 2.56. The summed E-state index contributed by atoms with van der Waals surface area (Å²) in [5.74, 6) is 0.478. The molecule has 1 aliphatic rings. The minimum atomic E-state index is -0.213. The van der Waals surface area contributed by atoms with Crippen LogP contribution in [0.1, 0.15) is 22.5 Å². The summed E-state index contributed by atoms with van der Waals surface area (Å²) in [6, 6.07) is 5.81. The maximum atomic E-state index is 12.7. The van der Waals surface area contributed by atoms with Gasteiger partial charge in [0.25, 0.3) is 5.91 Å². The van der Waals surface area contributed by atoms with Crippen LogP contribution in [0.4, 0.5) is 5.69 Å². The molecule has 0 radical (unpaired) electrons. The number of ether oxygens (including phenoxy) is 1. The second-order valence-electron chi connectivity index (χ2n) is 4.76. The predicted molar refractivity (Wildman–Crippen MR) is 80.0 cm³/mol. The van der Waals surface area contributed by atoms with Crippen LogP contribution < -0.4 is 9.64 Å². The Hall–Kier alpha value is -2.14. The molecule has 1 aliphatic heterocycles. The molecule has 0 bridgehead atoms. The Kier molecular flexibility index (Phi) is 3.75. The van der Waals surface area contributed by atoms with E-state index in [1.165, 1.54) is 12.4 Å². The van der Waals surface area contributed by atoms with Gasteiger partial charge >= 0.3 is 0 Å². The van der Waals surface area contributed by atoms with Crippen LogP contribution in [0.25, 0.3) is 0 Å². The maximum absolute atomic E-state index is 12.7. The average Bonchev–Trinajstić information content (AvgIpc) is 2.53. The molecule has 0 atom stereocenters. The third-order valence-electron chi connectivity index (χ3n) is 3.47. The van der Waals surface area contributed by atoms with Gasteiger partial charge in [0.15, 0.2) is 0 Å². The van der Waals surface area contributed by atoms with Gasteiger partial charge in [0, 0.05) is 6.54 Å². The fourth-order valence-corrected chi connectivity index (χ4v) is 2.71. The van der Waals surface area contributed by atoms with Gasteiger partial charge in [-0.05, 0) is 24.5 Å². The number of para-hydroxylation sites is 1. The Balaban J connectivity index is 2.04. The Morgan fingerprint density at radius 3 is 3.00 bits per heavy atom. The SMILES string of the molecule is COc1cccc2c1N(C(=O)c1cncc(Cl)n1)CCC2. The highest BCUT2D eigenvalue weighted by Gasteiger charge is 2.27. The molecule has 0 saturated heterocycles. The molecule has 21 heavy (non-hydrogen) atoms. The Morgan fingerprint density at radius 2 is 2.24 bits per heavy atom. The number of hydrogen-bond donors (Lipinski definition) is 0. The van der Waals surface area contributed by atoms with Crippen LogP contribution in [-0.2, 0) is 6.42 Å². The van der Waals surface area contributed by atoms with Crippen LogP contribution >= 0.6 is 11.6 Å². The molecule has 2 heterocycles. The second-order valence-corrected chi connectivity index (χ2v) is 5.14. The van der Waals surface area contributed by atoms with Gasteiger partial charge in [-0.15, -0.1) is 0 Å². The lowest BCUT2D eigenvalue weighted by Gasteiger charge is -2.30. The van der Waals surface area contributed by atoms with Gasteiger partial charge in [-0.3, -0.25) is 9.78 Å². The molecule has 3 rings (SSSR count). The first-order valence-corrected chi connectivity index (χ1v) is 7.04. The van der Waals surface area contributed by atoms with E-state index < -0.39 is 0 Å². The van der Waals surface area contributed by atoms with Crippen molar-refractivity contribution in [1.29, 1.82) is 0 Å². The first-order valence-electron chi connectivity index (χ1n) is 6.66. The van der Waals surface area contributed by atoms with Gasteiger partial charge in [0.1, 0.15) is 16.6 Å². The Morgan fingerprint density at radius 1 is 1.38 bits per heavy atom. The van der Waals surface area contributed by atoms with Crippen LogP contribution in [0, 0.1) is 0 Å². The van der Waals surface area contributed by atoms with Crippen molar-refractivity contribution in [2.75, 3.05) is 18.6 Å². The molecular formula is C15H14ClN3O2. The summed E-state index contributed by atoms with van der Waals surface area (Å²) in [5, 5.41) is 0.207. The highest BCUT2D eigenvalue weighted by Crippen LogP contribution is 2.36. The van der Waals surface area contributed by atoms with E-state index in [9.17, 15) is 4.79 Å². The number of halogens is 1. The van der Waals surface area contributed by atoms with Crippen molar-refractivity contribution in [1.82, 2.24) is 9.97 Å². The van der Waals surface area contributed by atoms with E-state index in [4.69, 9.17) is 16.3 Å². The maximum Gasteiger partial charge on any atom is 0.278 e. The van der Waals surface area contributed by atoms with Crippen LogP contribution in [0.2, 0.25) is 5.15 Å². The Bertz CT molecular complexity index is 676. The van der Waals surface area contributed by atoms with Gasteiger partial charge in [0.05, 0.1) is 25.2 Å². The van der Waals surface area contributed by atoms with Crippen LogP contribution in [0.3, 0.4) is 0 Å². The molecule has 1 aromatic carbocycles. The first kappa shape index (κ1) is 13.8. The number of hydrogen-bond acceptors (Lipinski definition) is 4. The zero-order valence-corrected chi connectivity index (χ0v) is 12.3. The second kappa shape index (κ2) is 5.69. The fraction of sp³-hybridized carbons (Fsp3) is 0.267.